The lowest BCUT2D eigenvalue weighted by atomic mass is 10.1. The molecule has 1 atom stereocenters. The van der Waals surface area contributed by atoms with Crippen LogP contribution in [0.3, 0.4) is 0 Å². The number of nitrogens with one attached hydrogen (secondary N) is 1. The molecule has 0 radical (unpaired) electrons. The van der Waals surface area contributed by atoms with E-state index in [1.54, 1.807) is 0 Å². The molecule has 2 aromatic carbocycles. The molecule has 1 unspecified atom stereocenters. The molecule has 7 heteroatoms. The average Bonchev–Trinajstić information content (AvgIpc) is 3.17. The van der Waals surface area contributed by atoms with Gasteiger partial charge >= 0.3 is 0 Å². The third kappa shape index (κ3) is 3.44. The van der Waals surface area contributed by atoms with Gasteiger partial charge in [0.25, 0.3) is 0 Å². The first-order valence-electron chi connectivity index (χ1n) is 8.90. The minimum atomic E-state index is 0.0473. The summed E-state index contributed by atoms with van der Waals surface area (Å²) in [6, 6.07) is 20.3. The Morgan fingerprint density at radius 2 is 1.56 bits per heavy atom. The van der Waals surface area contributed by atoms with E-state index >= 15 is 0 Å². The zero-order valence-electron chi connectivity index (χ0n) is 15.2. The molecule has 0 saturated carbocycles. The molecule has 0 bridgehead atoms. The van der Waals surface area contributed by atoms with Gasteiger partial charge in [0.2, 0.25) is 11.3 Å². The fourth-order valence-corrected chi connectivity index (χ4v) is 3.01. The lowest BCUT2D eigenvalue weighted by Gasteiger charge is -2.25. The molecule has 0 aliphatic carbocycles. The van der Waals surface area contributed by atoms with Gasteiger partial charge in [0, 0.05) is 12.2 Å². The van der Waals surface area contributed by atoms with Crippen LogP contribution in [0.4, 0.5) is 17.3 Å². The SMILES string of the molecule is CCN(c1ccccc1)c1nc2nonc2nc1NC(C)c1ccccc1. The van der Waals surface area contributed by atoms with E-state index in [4.69, 9.17) is 4.63 Å². The van der Waals surface area contributed by atoms with Gasteiger partial charge in [-0.3, -0.25) is 0 Å². The van der Waals surface area contributed by atoms with Crippen molar-refractivity contribution in [3.05, 3.63) is 66.2 Å². The summed E-state index contributed by atoms with van der Waals surface area (Å²) >= 11 is 0. The summed E-state index contributed by atoms with van der Waals surface area (Å²) < 4.78 is 4.81. The number of anilines is 3. The minimum absolute atomic E-state index is 0.0473. The van der Waals surface area contributed by atoms with Crippen LogP contribution >= 0.6 is 0 Å². The van der Waals surface area contributed by atoms with Crippen molar-refractivity contribution < 1.29 is 4.63 Å². The number of aromatic nitrogens is 4. The maximum Gasteiger partial charge on any atom is 0.245 e. The van der Waals surface area contributed by atoms with Crippen molar-refractivity contribution in [3.8, 4) is 0 Å². The lowest BCUT2D eigenvalue weighted by Crippen LogP contribution is -2.21. The zero-order valence-corrected chi connectivity index (χ0v) is 15.2. The zero-order chi connectivity index (χ0) is 18.6. The van der Waals surface area contributed by atoms with E-state index < -0.39 is 0 Å². The largest absolute Gasteiger partial charge is 0.360 e. The first kappa shape index (κ1) is 17.0. The van der Waals surface area contributed by atoms with Gasteiger partial charge in [-0.25, -0.2) is 14.6 Å². The average molecular weight is 360 g/mol. The Bertz CT molecular complexity index is 1020. The van der Waals surface area contributed by atoms with Crippen molar-refractivity contribution in [2.45, 2.75) is 19.9 Å². The van der Waals surface area contributed by atoms with Crippen LogP contribution in [0.2, 0.25) is 0 Å². The summed E-state index contributed by atoms with van der Waals surface area (Å²) in [4.78, 5) is 11.4. The van der Waals surface area contributed by atoms with Gasteiger partial charge in [0.15, 0.2) is 11.6 Å². The summed E-state index contributed by atoms with van der Waals surface area (Å²) in [6.45, 7) is 4.89. The van der Waals surface area contributed by atoms with Gasteiger partial charge in [0.1, 0.15) is 0 Å². The lowest BCUT2D eigenvalue weighted by molar-refractivity contribution is 0.314. The molecule has 2 heterocycles. The smallest absolute Gasteiger partial charge is 0.245 e. The second-order valence-electron chi connectivity index (χ2n) is 6.16. The summed E-state index contributed by atoms with van der Waals surface area (Å²) in [7, 11) is 0. The van der Waals surface area contributed by atoms with Crippen molar-refractivity contribution in [1.29, 1.82) is 0 Å². The minimum Gasteiger partial charge on any atom is -0.360 e. The van der Waals surface area contributed by atoms with Crippen LogP contribution in [-0.4, -0.2) is 26.8 Å². The van der Waals surface area contributed by atoms with Crippen LogP contribution < -0.4 is 10.2 Å². The van der Waals surface area contributed by atoms with Crippen molar-refractivity contribution >= 4 is 28.6 Å². The number of rotatable bonds is 6. The molecule has 27 heavy (non-hydrogen) atoms. The highest BCUT2D eigenvalue weighted by Gasteiger charge is 2.20. The second-order valence-corrected chi connectivity index (χ2v) is 6.16. The van der Waals surface area contributed by atoms with E-state index in [1.165, 1.54) is 0 Å². The van der Waals surface area contributed by atoms with Gasteiger partial charge < -0.3 is 10.2 Å². The molecule has 0 saturated heterocycles. The molecule has 0 spiro atoms. The highest BCUT2D eigenvalue weighted by atomic mass is 16.6. The molecular weight excluding hydrogens is 340 g/mol. The van der Waals surface area contributed by atoms with Gasteiger partial charge in [0.05, 0.1) is 6.04 Å². The van der Waals surface area contributed by atoms with E-state index in [0.717, 1.165) is 17.8 Å². The Hall–Kier alpha value is -3.48. The van der Waals surface area contributed by atoms with Crippen LogP contribution in [0, 0.1) is 0 Å². The van der Waals surface area contributed by atoms with Crippen molar-refractivity contribution in [2.75, 3.05) is 16.8 Å². The van der Waals surface area contributed by atoms with E-state index in [1.807, 2.05) is 48.5 Å². The maximum atomic E-state index is 4.81. The van der Waals surface area contributed by atoms with Crippen LogP contribution in [0.1, 0.15) is 25.5 Å². The molecule has 4 aromatic rings. The Balaban J connectivity index is 1.77. The Morgan fingerprint density at radius 3 is 2.22 bits per heavy atom. The number of nitrogens with zero attached hydrogens (tertiary/aromatic N) is 5. The molecule has 0 fully saturated rings. The molecule has 0 amide bonds. The van der Waals surface area contributed by atoms with Crippen molar-refractivity contribution in [3.63, 3.8) is 0 Å². The summed E-state index contributed by atoms with van der Waals surface area (Å²) in [5.74, 6) is 1.33. The van der Waals surface area contributed by atoms with Crippen molar-refractivity contribution in [1.82, 2.24) is 20.3 Å². The predicted octanol–water partition coefficient (Wildman–Crippen LogP) is 4.34. The standard InChI is InChI=1S/C20H20N6O/c1-3-26(16-12-8-5-9-13-16)20-19(22-17-18(23-20)25-27-24-17)21-14(2)15-10-6-4-7-11-15/h4-14H,3H2,1-2H3,(H,21,22,24). The number of hydrogen-bond donors (Lipinski definition) is 1. The molecule has 7 nitrogen and oxygen atoms in total. The summed E-state index contributed by atoms with van der Waals surface area (Å²) in [5.41, 5.74) is 2.95. The van der Waals surface area contributed by atoms with E-state index in [9.17, 15) is 0 Å². The van der Waals surface area contributed by atoms with Gasteiger partial charge in [-0.05, 0) is 41.9 Å². The fourth-order valence-electron chi connectivity index (χ4n) is 3.01. The molecule has 0 aliphatic rings. The predicted molar refractivity (Wildman–Crippen MR) is 105 cm³/mol. The number of hydrogen-bond acceptors (Lipinski definition) is 7. The first-order valence-corrected chi connectivity index (χ1v) is 8.90. The number of para-hydroxylation sites is 1. The Labute approximate surface area is 157 Å². The van der Waals surface area contributed by atoms with Crippen LogP contribution in [-0.2, 0) is 0 Å². The first-order chi connectivity index (χ1) is 13.3. The highest BCUT2D eigenvalue weighted by molar-refractivity contribution is 5.77. The number of fused-ring (bicyclic) bond motifs is 1. The third-order valence-electron chi connectivity index (χ3n) is 4.39. The Morgan fingerprint density at radius 1 is 0.926 bits per heavy atom. The molecular formula is C20H20N6O. The molecule has 2 aromatic heterocycles. The van der Waals surface area contributed by atoms with Crippen LogP contribution in [0.25, 0.3) is 11.3 Å². The summed E-state index contributed by atoms with van der Waals surface area (Å²) in [6.07, 6.45) is 0. The maximum absolute atomic E-state index is 4.81. The molecule has 0 aliphatic heterocycles. The van der Waals surface area contributed by atoms with E-state index in [2.05, 4.69) is 56.5 Å². The second kappa shape index (κ2) is 7.41. The normalized spacial score (nSPS) is 12.1. The van der Waals surface area contributed by atoms with E-state index in [-0.39, 0.29) is 6.04 Å². The topological polar surface area (TPSA) is 80.0 Å². The molecule has 1 N–H and O–H groups in total. The van der Waals surface area contributed by atoms with E-state index in [0.29, 0.717) is 22.9 Å². The Kier molecular flexibility index (Phi) is 4.65. The monoisotopic (exact) mass is 360 g/mol. The van der Waals surface area contributed by atoms with Crippen molar-refractivity contribution in [2.24, 2.45) is 0 Å². The van der Waals surface area contributed by atoms with Gasteiger partial charge in [-0.2, -0.15) is 0 Å². The quantitative estimate of drug-likeness (QED) is 0.548. The highest BCUT2D eigenvalue weighted by Crippen LogP contribution is 2.32. The van der Waals surface area contributed by atoms with Gasteiger partial charge in [-0.15, -0.1) is 0 Å². The molecule has 136 valence electrons. The number of benzene rings is 2. The van der Waals surface area contributed by atoms with Crippen LogP contribution in [0.15, 0.2) is 65.3 Å². The molecule has 4 rings (SSSR count). The van der Waals surface area contributed by atoms with Gasteiger partial charge in [-0.1, -0.05) is 48.5 Å². The summed E-state index contributed by atoms with van der Waals surface area (Å²) in [5, 5.41) is 11.2. The fraction of sp³-hybridized carbons (Fsp3) is 0.200. The third-order valence-corrected chi connectivity index (χ3v) is 4.39. The van der Waals surface area contributed by atoms with Crippen LogP contribution in [0.5, 0.6) is 0 Å².